The van der Waals surface area contributed by atoms with Crippen LogP contribution >= 0.6 is 11.6 Å². The average molecular weight is 577 g/mol. The maximum Gasteiger partial charge on any atom is 0.413 e. The van der Waals surface area contributed by atoms with Gasteiger partial charge in [-0.2, -0.15) is 0 Å². The van der Waals surface area contributed by atoms with Crippen LogP contribution in [0.1, 0.15) is 11.1 Å². The van der Waals surface area contributed by atoms with Gasteiger partial charge in [-0.15, -0.1) is 0 Å². The summed E-state index contributed by atoms with van der Waals surface area (Å²) in [7, 11) is 5.95. The number of aromatic nitrogens is 2. The Kier molecular flexibility index (Phi) is 11.9. The van der Waals surface area contributed by atoms with E-state index in [4.69, 9.17) is 36.0 Å². The number of ether oxygens (including phenoxy) is 3. The monoisotopic (exact) mass is 576 g/mol. The molecule has 0 spiro atoms. The van der Waals surface area contributed by atoms with E-state index < -0.39 is 18.0 Å². The molecular weight excluding hydrogens is 548 g/mol. The maximum absolute atomic E-state index is 12.2. The zero-order chi connectivity index (χ0) is 29.8. The highest BCUT2D eigenvalue weighted by molar-refractivity contribution is 6.32. The van der Waals surface area contributed by atoms with Crippen molar-refractivity contribution in [3.63, 3.8) is 0 Å². The molecule has 40 heavy (non-hydrogen) atoms. The van der Waals surface area contributed by atoms with E-state index >= 15 is 0 Å². The number of hydrogen-bond donors (Lipinski definition) is 4. The molecule has 3 aromatic rings. The minimum atomic E-state index is -1.26. The molecule has 0 aliphatic rings. The normalized spacial score (nSPS) is 10.4. The van der Waals surface area contributed by atoms with Crippen molar-refractivity contribution in [1.29, 1.82) is 0 Å². The summed E-state index contributed by atoms with van der Waals surface area (Å²) < 4.78 is 15.6. The molecule has 0 aliphatic heterocycles. The Morgan fingerprint density at radius 2 is 1.73 bits per heavy atom. The van der Waals surface area contributed by atoms with Crippen LogP contribution in [0.15, 0.2) is 42.7 Å². The number of rotatable bonds is 10. The van der Waals surface area contributed by atoms with E-state index in [9.17, 15) is 19.5 Å². The van der Waals surface area contributed by atoms with Gasteiger partial charge in [0.05, 0.1) is 37.6 Å². The standard InChI is InChI=1S/C22H25ClN4O5.C4H4O4/c1-27(22(29)32-4)17-10-15-19(14(7-8-28)20(17)31-3)25-12-26-21(15)24-11-13-5-6-18(30-2)16(23)9-13;5-3(6)1-2-4(7)8/h5-6,9-10,12,28H,7-8,11H2,1-4H3,(H,24,25,26);1-2H,(H,5,6)(H,7,8)/b;2-1-. The average Bonchev–Trinajstić information content (AvgIpc) is 2.94. The summed E-state index contributed by atoms with van der Waals surface area (Å²) in [6.07, 6.45) is 2.28. The number of halogens is 1. The zero-order valence-corrected chi connectivity index (χ0v) is 22.9. The Labute approximate surface area is 234 Å². The molecule has 0 radical (unpaired) electrons. The van der Waals surface area contributed by atoms with E-state index in [0.717, 1.165) is 5.56 Å². The number of aliphatic hydroxyl groups excluding tert-OH is 1. The van der Waals surface area contributed by atoms with Crippen molar-refractivity contribution in [3.05, 3.63) is 58.9 Å². The summed E-state index contributed by atoms with van der Waals surface area (Å²) in [5.74, 6) is -0.923. The van der Waals surface area contributed by atoms with Crippen LogP contribution in [-0.2, 0) is 27.3 Å². The third-order valence-corrected chi connectivity index (χ3v) is 5.67. The fourth-order valence-electron chi connectivity index (χ4n) is 3.58. The topological polar surface area (TPSA) is 181 Å². The Morgan fingerprint density at radius 1 is 1.05 bits per heavy atom. The number of methoxy groups -OCH3 is 3. The number of carbonyl (C=O) groups excluding carboxylic acids is 1. The van der Waals surface area contributed by atoms with Crippen LogP contribution in [-0.4, -0.2) is 78.3 Å². The molecule has 1 heterocycles. The van der Waals surface area contributed by atoms with Crippen molar-refractivity contribution in [1.82, 2.24) is 9.97 Å². The van der Waals surface area contributed by atoms with E-state index in [1.807, 2.05) is 12.1 Å². The number of carboxylic acid groups (broad SMARTS) is 2. The van der Waals surface area contributed by atoms with Crippen molar-refractivity contribution in [2.45, 2.75) is 13.0 Å². The van der Waals surface area contributed by atoms with Crippen LogP contribution in [0, 0.1) is 0 Å². The molecule has 0 fully saturated rings. The van der Waals surface area contributed by atoms with E-state index in [1.165, 1.54) is 25.4 Å². The lowest BCUT2D eigenvalue weighted by atomic mass is 10.0. The molecule has 1 amide bonds. The van der Waals surface area contributed by atoms with Crippen LogP contribution < -0.4 is 19.7 Å². The lowest BCUT2D eigenvalue weighted by molar-refractivity contribution is -0.134. The predicted octanol–water partition coefficient (Wildman–Crippen LogP) is 3.36. The van der Waals surface area contributed by atoms with Crippen LogP contribution in [0.25, 0.3) is 10.9 Å². The Bertz CT molecular complexity index is 1380. The van der Waals surface area contributed by atoms with E-state index in [1.54, 1.807) is 26.3 Å². The number of benzene rings is 2. The van der Waals surface area contributed by atoms with Gasteiger partial charge in [0.15, 0.2) is 0 Å². The second-order valence-corrected chi connectivity index (χ2v) is 8.27. The first-order valence-corrected chi connectivity index (χ1v) is 11.9. The molecule has 0 bridgehead atoms. The molecule has 0 saturated heterocycles. The van der Waals surface area contributed by atoms with E-state index in [-0.39, 0.29) is 13.0 Å². The molecule has 214 valence electrons. The van der Waals surface area contributed by atoms with Gasteiger partial charge in [0.25, 0.3) is 0 Å². The van der Waals surface area contributed by atoms with Gasteiger partial charge >= 0.3 is 18.0 Å². The Balaban J connectivity index is 0.000000611. The maximum atomic E-state index is 12.2. The third-order valence-electron chi connectivity index (χ3n) is 5.38. The lowest BCUT2D eigenvalue weighted by Crippen LogP contribution is -2.26. The number of nitrogens with one attached hydrogen (secondary N) is 1. The fraction of sp³-hybridized carbons (Fsp3) is 0.269. The smallest absolute Gasteiger partial charge is 0.413 e. The number of nitrogens with zero attached hydrogens (tertiary/aromatic N) is 3. The Morgan fingerprint density at radius 3 is 2.25 bits per heavy atom. The number of amides is 1. The minimum absolute atomic E-state index is 0.117. The highest BCUT2D eigenvalue weighted by atomic mass is 35.5. The largest absolute Gasteiger partial charge is 0.495 e. The number of aliphatic hydroxyl groups is 1. The predicted molar refractivity (Wildman–Crippen MR) is 147 cm³/mol. The second-order valence-electron chi connectivity index (χ2n) is 7.86. The number of hydrogen-bond acceptors (Lipinski definition) is 10. The van der Waals surface area contributed by atoms with Gasteiger partial charge in [-0.1, -0.05) is 17.7 Å². The first-order chi connectivity index (χ1) is 19.1. The van der Waals surface area contributed by atoms with E-state index in [2.05, 4.69) is 15.3 Å². The van der Waals surface area contributed by atoms with Gasteiger partial charge in [-0.3, -0.25) is 4.90 Å². The van der Waals surface area contributed by atoms with Crippen LogP contribution in [0.2, 0.25) is 5.02 Å². The summed E-state index contributed by atoms with van der Waals surface area (Å²) in [5.41, 5.74) is 2.68. The van der Waals surface area contributed by atoms with Crippen LogP contribution in [0.3, 0.4) is 0 Å². The van der Waals surface area contributed by atoms with Crippen molar-refractivity contribution in [2.24, 2.45) is 0 Å². The molecule has 14 heteroatoms. The number of anilines is 2. The fourth-order valence-corrected chi connectivity index (χ4v) is 3.86. The molecule has 0 unspecified atom stereocenters. The SMILES string of the molecule is COC(=O)N(C)c1cc2c(NCc3ccc(OC)c(Cl)c3)ncnc2c(CCO)c1OC.O=C(O)/C=C\C(=O)O. The molecule has 4 N–H and O–H groups in total. The zero-order valence-electron chi connectivity index (χ0n) is 22.2. The number of carboxylic acids is 2. The first-order valence-electron chi connectivity index (χ1n) is 11.5. The van der Waals surface area contributed by atoms with E-state index in [0.29, 0.717) is 63.2 Å². The van der Waals surface area contributed by atoms with Gasteiger partial charge < -0.3 is 34.8 Å². The minimum Gasteiger partial charge on any atom is -0.495 e. The summed E-state index contributed by atoms with van der Waals surface area (Å²) in [6.45, 7) is 0.327. The third kappa shape index (κ3) is 8.19. The highest BCUT2D eigenvalue weighted by Crippen LogP contribution is 2.39. The molecule has 3 rings (SSSR count). The van der Waals surface area contributed by atoms with Gasteiger partial charge in [0, 0.05) is 49.7 Å². The van der Waals surface area contributed by atoms with Gasteiger partial charge in [-0.25, -0.2) is 24.4 Å². The van der Waals surface area contributed by atoms with Gasteiger partial charge in [0.2, 0.25) is 0 Å². The lowest BCUT2D eigenvalue weighted by Gasteiger charge is -2.22. The summed E-state index contributed by atoms with van der Waals surface area (Å²) >= 11 is 6.23. The second kappa shape index (κ2) is 15.1. The molecule has 0 saturated carbocycles. The van der Waals surface area contributed by atoms with Crippen LogP contribution in [0.4, 0.5) is 16.3 Å². The highest BCUT2D eigenvalue weighted by Gasteiger charge is 2.23. The quantitative estimate of drug-likeness (QED) is 0.259. The number of fused-ring (bicyclic) bond motifs is 1. The molecule has 0 atom stereocenters. The summed E-state index contributed by atoms with van der Waals surface area (Å²) in [5, 5.41) is 29.7. The number of aliphatic carboxylic acids is 2. The molecular formula is C26H29ClN4O9. The van der Waals surface area contributed by atoms with Crippen molar-refractivity contribution in [3.8, 4) is 11.5 Å². The molecule has 2 aromatic carbocycles. The molecule has 0 aliphatic carbocycles. The Hall–Kier alpha value is -4.62. The summed E-state index contributed by atoms with van der Waals surface area (Å²) in [6, 6.07) is 7.27. The van der Waals surface area contributed by atoms with Gasteiger partial charge in [-0.05, 0) is 23.8 Å². The van der Waals surface area contributed by atoms with Crippen molar-refractivity contribution < 1.29 is 43.9 Å². The molecule has 13 nitrogen and oxygen atoms in total. The van der Waals surface area contributed by atoms with Crippen molar-refractivity contribution >= 4 is 52.0 Å². The number of carbonyl (C=O) groups is 3. The molecule has 1 aromatic heterocycles. The first kappa shape index (κ1) is 31.6. The van der Waals surface area contributed by atoms with Crippen molar-refractivity contribution in [2.75, 3.05) is 45.2 Å². The van der Waals surface area contributed by atoms with Crippen LogP contribution in [0.5, 0.6) is 11.5 Å². The van der Waals surface area contributed by atoms with Gasteiger partial charge in [0.1, 0.15) is 23.6 Å². The summed E-state index contributed by atoms with van der Waals surface area (Å²) in [4.78, 5) is 41.4.